The number of rotatable bonds is 3. The number of halogens is 1. The molecule has 1 fully saturated rings. The zero-order valence-electron chi connectivity index (χ0n) is 20.7. The van der Waals surface area contributed by atoms with E-state index in [0.29, 0.717) is 47.9 Å². The summed E-state index contributed by atoms with van der Waals surface area (Å²) in [5.41, 5.74) is 3.73. The molecule has 1 atom stereocenters. The van der Waals surface area contributed by atoms with Crippen LogP contribution in [-0.4, -0.2) is 48.8 Å². The summed E-state index contributed by atoms with van der Waals surface area (Å²) in [7, 11) is 0. The molecule has 0 saturated carbocycles. The van der Waals surface area contributed by atoms with Crippen LogP contribution in [0.3, 0.4) is 0 Å². The van der Waals surface area contributed by atoms with Gasteiger partial charge in [-0.1, -0.05) is 41.9 Å². The molecule has 2 aliphatic rings. The Morgan fingerprint density at radius 1 is 1.18 bits per heavy atom. The summed E-state index contributed by atoms with van der Waals surface area (Å²) >= 11 is 6.71. The number of nitrogens with zero attached hydrogens (tertiary/aromatic N) is 2. The number of piperidine rings is 1. The molecule has 1 aromatic rings. The minimum Gasteiger partial charge on any atom is -0.462 e. The highest BCUT2D eigenvalue weighted by atomic mass is 35.5. The Morgan fingerprint density at radius 3 is 2.68 bits per heavy atom. The number of esters is 1. The van der Waals surface area contributed by atoms with Gasteiger partial charge in [0.1, 0.15) is 0 Å². The monoisotopic (exact) mass is 488 g/mol. The molecule has 0 spiro atoms. The summed E-state index contributed by atoms with van der Waals surface area (Å²) in [6.07, 6.45) is 11.2. The lowest BCUT2D eigenvalue weighted by Gasteiger charge is -2.26. The smallest absolute Gasteiger partial charge is 0.338 e. The molecule has 0 aromatic heterocycles. The van der Waals surface area contributed by atoms with Crippen LogP contribution in [0, 0.1) is 19.8 Å². The van der Waals surface area contributed by atoms with Gasteiger partial charge in [0, 0.05) is 24.5 Å². The third kappa shape index (κ3) is 7.33. The number of hydrogen-bond donors (Lipinski definition) is 0. The van der Waals surface area contributed by atoms with Crippen molar-refractivity contribution in [3.63, 3.8) is 0 Å². The zero-order chi connectivity index (χ0) is 24.5. The van der Waals surface area contributed by atoms with Gasteiger partial charge in [-0.05, 0) is 81.4 Å². The molecule has 1 aromatic carbocycles. The molecular weight excluding hydrogens is 452 g/mol. The van der Waals surface area contributed by atoms with Crippen LogP contribution in [0.25, 0.3) is 0 Å². The predicted octanol–water partition coefficient (Wildman–Crippen LogP) is 5.81. The van der Waals surface area contributed by atoms with Crippen molar-refractivity contribution in [2.45, 2.75) is 72.1 Å². The summed E-state index contributed by atoms with van der Waals surface area (Å²) in [5, 5.41) is 4.95. The number of fused-ring (bicyclic) bond motifs is 1. The summed E-state index contributed by atoms with van der Waals surface area (Å²) in [5.74, 6) is -0.0295. The average Bonchev–Trinajstić information content (AvgIpc) is 2.81. The first-order chi connectivity index (χ1) is 16.4. The first-order valence-corrected chi connectivity index (χ1v) is 12.8. The Kier molecular flexibility index (Phi) is 10.00. The van der Waals surface area contributed by atoms with Crippen molar-refractivity contribution < 1.29 is 19.2 Å². The fraction of sp³-hybridized carbons (Fsp3) is 0.593. The van der Waals surface area contributed by atoms with Gasteiger partial charge < -0.3 is 14.5 Å². The average molecular weight is 489 g/mol. The first kappa shape index (κ1) is 26.3. The van der Waals surface area contributed by atoms with Gasteiger partial charge in [0.05, 0.1) is 17.9 Å². The number of carbonyl (C=O) groups is 2. The SMILES string of the molecule is Cc1cc(C)c2c(c1Cl)CC(=NOCC(=O)N1CCCCC1)CC(C)CC/C=C/CCOC2=O. The number of allylic oxidation sites excluding steroid dienone is 1. The Hall–Kier alpha value is -2.34. The second-order valence-electron chi connectivity index (χ2n) is 9.51. The molecule has 1 saturated heterocycles. The van der Waals surface area contributed by atoms with Gasteiger partial charge in [-0.2, -0.15) is 0 Å². The molecule has 186 valence electrons. The van der Waals surface area contributed by atoms with E-state index in [9.17, 15) is 9.59 Å². The number of carbonyl (C=O) groups excluding carboxylic acids is 2. The standard InChI is InChI=1S/C27H37ClN2O4/c1-19-11-7-4-5-10-14-33-27(32)25-20(2)16-21(3)26(28)23(25)17-22(15-19)29-34-18-24(31)30-12-8-6-9-13-30/h4-5,16,19H,6-15,17-18H2,1-3H3/b5-4+,29-22?. The normalized spacial score (nSPS) is 22.5. The maximum atomic E-state index is 13.0. The highest BCUT2D eigenvalue weighted by molar-refractivity contribution is 6.33. The van der Waals surface area contributed by atoms with E-state index >= 15 is 0 Å². The topological polar surface area (TPSA) is 68.2 Å². The lowest BCUT2D eigenvalue weighted by Crippen LogP contribution is -2.37. The van der Waals surface area contributed by atoms with Crippen molar-refractivity contribution >= 4 is 29.2 Å². The van der Waals surface area contributed by atoms with E-state index in [-0.39, 0.29) is 18.5 Å². The van der Waals surface area contributed by atoms with Crippen LogP contribution in [0.5, 0.6) is 0 Å². The van der Waals surface area contributed by atoms with E-state index in [1.165, 1.54) is 6.42 Å². The number of aryl methyl sites for hydroxylation is 2. The number of benzene rings is 1. The van der Waals surface area contributed by atoms with E-state index in [1.807, 2.05) is 24.8 Å². The Labute approximate surface area is 208 Å². The Morgan fingerprint density at radius 2 is 1.91 bits per heavy atom. The molecular formula is C27H37ClN2O4. The third-order valence-electron chi connectivity index (χ3n) is 6.51. The van der Waals surface area contributed by atoms with E-state index in [2.05, 4.69) is 24.2 Å². The van der Waals surface area contributed by atoms with Crippen molar-refractivity contribution in [3.8, 4) is 0 Å². The number of oxime groups is 1. The zero-order valence-corrected chi connectivity index (χ0v) is 21.5. The summed E-state index contributed by atoms with van der Waals surface area (Å²) < 4.78 is 5.56. The summed E-state index contributed by atoms with van der Waals surface area (Å²) in [6.45, 7) is 7.85. The maximum absolute atomic E-state index is 13.0. The fourth-order valence-corrected chi connectivity index (χ4v) is 4.88. The molecule has 0 N–H and O–H groups in total. The van der Waals surface area contributed by atoms with Crippen LogP contribution in [0.1, 0.15) is 78.9 Å². The third-order valence-corrected chi connectivity index (χ3v) is 7.04. The van der Waals surface area contributed by atoms with Crippen LogP contribution in [0.4, 0.5) is 0 Å². The predicted molar refractivity (Wildman–Crippen MR) is 136 cm³/mol. The number of likely N-dealkylation sites (tertiary alicyclic amines) is 1. The van der Waals surface area contributed by atoms with Gasteiger partial charge in [0.2, 0.25) is 0 Å². The molecule has 7 heteroatoms. The molecule has 0 bridgehead atoms. The van der Waals surface area contributed by atoms with Crippen LogP contribution in [-0.2, 0) is 20.8 Å². The van der Waals surface area contributed by atoms with Crippen molar-refractivity contribution in [1.82, 2.24) is 4.90 Å². The second-order valence-corrected chi connectivity index (χ2v) is 9.89. The molecule has 2 heterocycles. The van der Waals surface area contributed by atoms with E-state index in [1.54, 1.807) is 0 Å². The second kappa shape index (κ2) is 12.9. The highest BCUT2D eigenvalue weighted by Gasteiger charge is 2.23. The highest BCUT2D eigenvalue weighted by Crippen LogP contribution is 2.30. The summed E-state index contributed by atoms with van der Waals surface area (Å²) in [6, 6.07) is 1.92. The van der Waals surface area contributed by atoms with Crippen molar-refractivity contribution in [2.75, 3.05) is 26.3 Å². The van der Waals surface area contributed by atoms with Crippen LogP contribution in [0.15, 0.2) is 23.4 Å². The lowest BCUT2D eigenvalue weighted by atomic mass is 9.91. The lowest BCUT2D eigenvalue weighted by molar-refractivity contribution is -0.137. The van der Waals surface area contributed by atoms with Crippen molar-refractivity contribution in [2.24, 2.45) is 11.1 Å². The molecule has 6 nitrogen and oxygen atoms in total. The van der Waals surface area contributed by atoms with Gasteiger partial charge in [0.15, 0.2) is 6.61 Å². The first-order valence-electron chi connectivity index (χ1n) is 12.4. The number of cyclic esters (lactones) is 1. The molecule has 1 amide bonds. The van der Waals surface area contributed by atoms with E-state index in [0.717, 1.165) is 55.6 Å². The number of ether oxygens (including phenoxy) is 1. The van der Waals surface area contributed by atoms with Crippen molar-refractivity contribution in [1.29, 1.82) is 0 Å². The van der Waals surface area contributed by atoms with E-state index in [4.69, 9.17) is 21.2 Å². The van der Waals surface area contributed by atoms with E-state index < -0.39 is 0 Å². The van der Waals surface area contributed by atoms with Gasteiger partial charge in [-0.25, -0.2) is 4.79 Å². The maximum Gasteiger partial charge on any atom is 0.338 e. The quantitative estimate of drug-likeness (QED) is 0.306. The molecule has 0 aliphatic carbocycles. The van der Waals surface area contributed by atoms with Crippen LogP contribution >= 0.6 is 11.6 Å². The molecule has 3 rings (SSSR count). The Bertz CT molecular complexity index is 935. The molecule has 1 unspecified atom stereocenters. The van der Waals surface area contributed by atoms with Gasteiger partial charge in [0.25, 0.3) is 5.91 Å². The molecule has 34 heavy (non-hydrogen) atoms. The largest absolute Gasteiger partial charge is 0.462 e. The Balaban J connectivity index is 1.86. The molecule has 2 aliphatic heterocycles. The van der Waals surface area contributed by atoms with Gasteiger partial charge in [-0.15, -0.1) is 0 Å². The minimum atomic E-state index is -0.367. The number of amides is 1. The molecule has 0 radical (unpaired) electrons. The van der Waals surface area contributed by atoms with Crippen molar-refractivity contribution in [3.05, 3.63) is 45.5 Å². The number of hydrogen-bond acceptors (Lipinski definition) is 5. The van der Waals surface area contributed by atoms with Gasteiger partial charge in [-0.3, -0.25) is 4.79 Å². The summed E-state index contributed by atoms with van der Waals surface area (Å²) in [4.78, 5) is 32.9. The minimum absolute atomic E-state index is 0.0307. The van der Waals surface area contributed by atoms with Crippen LogP contribution < -0.4 is 0 Å². The van der Waals surface area contributed by atoms with Crippen LogP contribution in [0.2, 0.25) is 5.02 Å². The fourth-order valence-electron chi connectivity index (χ4n) is 4.67. The van der Waals surface area contributed by atoms with Gasteiger partial charge >= 0.3 is 5.97 Å².